The lowest BCUT2D eigenvalue weighted by Gasteiger charge is -2.05. The molecule has 0 fully saturated rings. The molecule has 0 aliphatic rings. The summed E-state index contributed by atoms with van der Waals surface area (Å²) < 4.78 is 18.9. The van der Waals surface area contributed by atoms with Gasteiger partial charge in [-0.25, -0.2) is 14.4 Å². The molecule has 0 amide bonds. The van der Waals surface area contributed by atoms with Crippen LogP contribution in [0.25, 0.3) is 0 Å². The topological polar surface area (TPSA) is 105 Å². The van der Waals surface area contributed by atoms with E-state index < -0.39 is 30.3 Å². The maximum atomic E-state index is 11.7. The normalized spacial score (nSPS) is 11.4. The van der Waals surface area contributed by atoms with Gasteiger partial charge in [-0.1, -0.05) is 6.58 Å². The van der Waals surface area contributed by atoms with E-state index in [4.69, 9.17) is 18.9 Å². The molecule has 8 nitrogen and oxygen atoms in total. The van der Waals surface area contributed by atoms with E-state index >= 15 is 0 Å². The van der Waals surface area contributed by atoms with Crippen molar-refractivity contribution >= 4 is 23.9 Å². The van der Waals surface area contributed by atoms with Crippen LogP contribution in [0.3, 0.4) is 0 Å². The largest absolute Gasteiger partial charge is 0.463 e. The van der Waals surface area contributed by atoms with Crippen molar-refractivity contribution < 1.29 is 38.1 Å². The Bertz CT molecular complexity index is 598. The van der Waals surface area contributed by atoms with Crippen LogP contribution in [0.2, 0.25) is 0 Å². The predicted molar refractivity (Wildman–Crippen MR) is 86.7 cm³/mol. The molecular formula is C17H22O8. The third-order valence-electron chi connectivity index (χ3n) is 2.55. The number of carbonyl (C=O) groups excluding carboxylic acids is 4. The SMILES string of the molecule is C=C(CC(=O)OC=C(C)C(=O)OCC)C(=O)OC=C(C)C(=O)OCC. The lowest BCUT2D eigenvalue weighted by Crippen LogP contribution is -2.12. The maximum absolute atomic E-state index is 11.7. The van der Waals surface area contributed by atoms with E-state index in [1.54, 1.807) is 13.8 Å². The van der Waals surface area contributed by atoms with Crippen LogP contribution >= 0.6 is 0 Å². The molecule has 0 rings (SSSR count). The molecule has 0 aliphatic carbocycles. The van der Waals surface area contributed by atoms with Crippen molar-refractivity contribution in [1.82, 2.24) is 0 Å². The molecule has 0 heterocycles. The van der Waals surface area contributed by atoms with Crippen LogP contribution < -0.4 is 0 Å². The number of esters is 4. The van der Waals surface area contributed by atoms with E-state index in [2.05, 4.69) is 6.58 Å². The van der Waals surface area contributed by atoms with Crippen LogP contribution in [0.4, 0.5) is 0 Å². The fourth-order valence-corrected chi connectivity index (χ4v) is 1.25. The van der Waals surface area contributed by atoms with E-state index in [-0.39, 0.29) is 29.9 Å². The molecule has 0 aromatic heterocycles. The molecule has 25 heavy (non-hydrogen) atoms. The van der Waals surface area contributed by atoms with E-state index in [1.165, 1.54) is 13.8 Å². The number of hydrogen-bond acceptors (Lipinski definition) is 8. The summed E-state index contributed by atoms with van der Waals surface area (Å²) in [6.07, 6.45) is 1.41. The molecule has 0 N–H and O–H groups in total. The monoisotopic (exact) mass is 354 g/mol. The third-order valence-corrected chi connectivity index (χ3v) is 2.55. The van der Waals surface area contributed by atoms with Crippen molar-refractivity contribution in [2.45, 2.75) is 34.1 Å². The van der Waals surface area contributed by atoms with Gasteiger partial charge < -0.3 is 18.9 Å². The van der Waals surface area contributed by atoms with Crippen molar-refractivity contribution in [1.29, 1.82) is 0 Å². The van der Waals surface area contributed by atoms with Crippen molar-refractivity contribution in [3.63, 3.8) is 0 Å². The van der Waals surface area contributed by atoms with Crippen LogP contribution in [0.15, 0.2) is 35.8 Å². The summed E-state index contributed by atoms with van der Waals surface area (Å²) in [4.78, 5) is 45.9. The van der Waals surface area contributed by atoms with Gasteiger partial charge in [0.05, 0.1) is 30.8 Å². The van der Waals surface area contributed by atoms with Gasteiger partial charge in [0.25, 0.3) is 0 Å². The summed E-state index contributed by atoms with van der Waals surface area (Å²) in [5.41, 5.74) is -0.00458. The molecule has 0 aliphatic heterocycles. The van der Waals surface area contributed by atoms with E-state index in [0.717, 1.165) is 12.5 Å². The van der Waals surface area contributed by atoms with E-state index in [9.17, 15) is 19.2 Å². The first-order chi connectivity index (χ1) is 11.7. The molecule has 0 saturated heterocycles. The summed E-state index contributed by atoms with van der Waals surface area (Å²) >= 11 is 0. The fraction of sp³-hybridized carbons (Fsp3) is 0.412. The zero-order chi connectivity index (χ0) is 19.4. The summed E-state index contributed by atoms with van der Waals surface area (Å²) in [7, 11) is 0. The minimum Gasteiger partial charge on any atom is -0.463 e. The average molecular weight is 354 g/mol. The van der Waals surface area contributed by atoms with Crippen molar-refractivity contribution in [2.24, 2.45) is 0 Å². The number of rotatable bonds is 9. The zero-order valence-electron chi connectivity index (χ0n) is 14.7. The highest BCUT2D eigenvalue weighted by molar-refractivity contribution is 5.94. The van der Waals surface area contributed by atoms with E-state index in [0.29, 0.717) is 0 Å². The molecule has 0 unspecified atom stereocenters. The molecule has 0 atom stereocenters. The Balaban J connectivity index is 4.48. The smallest absolute Gasteiger partial charge is 0.338 e. The molecule has 0 spiro atoms. The van der Waals surface area contributed by atoms with Gasteiger partial charge in [-0.3, -0.25) is 4.79 Å². The second kappa shape index (κ2) is 11.6. The third kappa shape index (κ3) is 9.09. The first-order valence-corrected chi connectivity index (χ1v) is 7.48. The van der Waals surface area contributed by atoms with Gasteiger partial charge in [0, 0.05) is 5.57 Å². The minimum absolute atomic E-state index is 0.0820. The van der Waals surface area contributed by atoms with Crippen molar-refractivity contribution in [2.75, 3.05) is 13.2 Å². The highest BCUT2D eigenvalue weighted by Crippen LogP contribution is 2.07. The minimum atomic E-state index is -0.897. The van der Waals surface area contributed by atoms with Gasteiger partial charge >= 0.3 is 23.9 Å². The molecule has 8 heteroatoms. The quantitative estimate of drug-likeness (QED) is 0.268. The summed E-state index contributed by atoms with van der Waals surface area (Å²) in [6.45, 7) is 9.90. The van der Waals surface area contributed by atoms with Gasteiger partial charge in [0.2, 0.25) is 0 Å². The Hall–Kier alpha value is -2.90. The highest BCUT2D eigenvalue weighted by atomic mass is 16.6. The molecule has 0 bridgehead atoms. The van der Waals surface area contributed by atoms with Crippen LogP contribution in [-0.4, -0.2) is 37.1 Å². The number of hydrogen-bond donors (Lipinski definition) is 0. The van der Waals surface area contributed by atoms with Crippen molar-refractivity contribution in [3.05, 3.63) is 35.8 Å². The van der Waals surface area contributed by atoms with Crippen LogP contribution in [0, 0.1) is 0 Å². The van der Waals surface area contributed by atoms with Crippen LogP contribution in [-0.2, 0) is 38.1 Å². The molecule has 138 valence electrons. The van der Waals surface area contributed by atoms with Gasteiger partial charge in [-0.05, 0) is 27.7 Å². The Labute approximate surface area is 146 Å². The second-order valence-electron chi connectivity index (χ2n) is 4.72. The highest BCUT2D eigenvalue weighted by Gasteiger charge is 2.15. The molecular weight excluding hydrogens is 332 g/mol. The first kappa shape index (κ1) is 22.1. The molecule has 0 aromatic carbocycles. The lowest BCUT2D eigenvalue weighted by molar-refractivity contribution is -0.142. The lowest BCUT2D eigenvalue weighted by atomic mass is 10.2. The summed E-state index contributed by atoms with van der Waals surface area (Å²) in [5, 5.41) is 0. The van der Waals surface area contributed by atoms with Gasteiger partial charge in [0.15, 0.2) is 0 Å². The van der Waals surface area contributed by atoms with Gasteiger partial charge in [0.1, 0.15) is 12.5 Å². The molecule has 0 radical (unpaired) electrons. The van der Waals surface area contributed by atoms with Crippen LogP contribution in [0.5, 0.6) is 0 Å². The Kier molecular flexibility index (Phi) is 10.3. The van der Waals surface area contributed by atoms with E-state index in [1.807, 2.05) is 0 Å². The zero-order valence-corrected chi connectivity index (χ0v) is 14.7. The first-order valence-electron chi connectivity index (χ1n) is 7.48. The van der Waals surface area contributed by atoms with Gasteiger partial charge in [-0.2, -0.15) is 0 Å². The predicted octanol–water partition coefficient (Wildman–Crippen LogP) is 1.95. The number of carbonyl (C=O) groups is 4. The average Bonchev–Trinajstić information content (AvgIpc) is 2.57. The van der Waals surface area contributed by atoms with Crippen molar-refractivity contribution in [3.8, 4) is 0 Å². The number of ether oxygens (including phenoxy) is 4. The fourth-order valence-electron chi connectivity index (χ4n) is 1.25. The van der Waals surface area contributed by atoms with Gasteiger partial charge in [-0.15, -0.1) is 0 Å². The Morgan fingerprint density at radius 1 is 0.800 bits per heavy atom. The molecule has 0 aromatic rings. The van der Waals surface area contributed by atoms with Crippen LogP contribution in [0.1, 0.15) is 34.1 Å². The summed E-state index contributed by atoms with van der Waals surface area (Å²) in [6, 6.07) is 0. The maximum Gasteiger partial charge on any atom is 0.338 e. The second-order valence-corrected chi connectivity index (χ2v) is 4.72. The standard InChI is InChI=1S/C17H22O8/c1-6-22-16(20)12(4)9-24-14(18)8-11(3)15(19)25-10-13(5)17(21)23-7-2/h9-10H,3,6-8H2,1-2,4-5H3. The summed E-state index contributed by atoms with van der Waals surface area (Å²) in [5.74, 6) is -2.95. The molecule has 0 saturated carbocycles. The Morgan fingerprint density at radius 3 is 1.68 bits per heavy atom. The Morgan fingerprint density at radius 2 is 1.24 bits per heavy atom.